The molecule has 0 spiro atoms. The lowest BCUT2D eigenvalue weighted by Crippen LogP contribution is -1.96. The normalized spacial score (nSPS) is 11.6. The highest BCUT2D eigenvalue weighted by Crippen LogP contribution is 2.18. The van der Waals surface area contributed by atoms with Crippen LogP contribution in [0, 0.1) is 19.8 Å². The molecule has 0 N–H and O–H groups in total. The molecule has 0 bridgehead atoms. The predicted octanol–water partition coefficient (Wildman–Crippen LogP) is 11.0. The first kappa shape index (κ1) is 29.0. The fraction of sp³-hybridized carbons (Fsp3) is 0.931. The number of unbranched alkanes of at least 4 members (excludes halogenated alkanes) is 21. The Morgan fingerprint density at radius 3 is 0.931 bits per heavy atom. The molecule has 0 nitrogen and oxygen atoms in total. The van der Waals surface area contributed by atoms with Gasteiger partial charge in [0, 0.05) is 0 Å². The lowest BCUT2D eigenvalue weighted by atomic mass is 9.95. The van der Waals surface area contributed by atoms with Crippen LogP contribution in [0.5, 0.6) is 0 Å². The van der Waals surface area contributed by atoms with Gasteiger partial charge in [0.25, 0.3) is 0 Å². The Morgan fingerprint density at radius 1 is 0.414 bits per heavy atom. The molecule has 174 valence electrons. The van der Waals surface area contributed by atoms with Crippen LogP contribution in [0.4, 0.5) is 0 Å². The molecular formula is C29H58. The zero-order valence-corrected chi connectivity index (χ0v) is 20.7. The molecule has 0 heterocycles. The Kier molecular flexibility index (Phi) is 26.0. The fourth-order valence-corrected chi connectivity index (χ4v) is 4.52. The standard InChI is InChI=1S/C29H58/c1-4-7-8-9-10-11-12-13-14-15-16-17-18-19-20-21-22-23-24-25-26-27-28-29(5-2)6-3/h29H,1-2,4-28H2,3H3. The van der Waals surface area contributed by atoms with E-state index in [2.05, 4.69) is 20.8 Å². The van der Waals surface area contributed by atoms with Gasteiger partial charge >= 0.3 is 0 Å². The predicted molar refractivity (Wildman–Crippen MR) is 135 cm³/mol. The second-order valence-corrected chi connectivity index (χ2v) is 9.63. The van der Waals surface area contributed by atoms with Gasteiger partial charge in [-0.1, -0.05) is 181 Å². The Hall–Kier alpha value is 0. The second-order valence-electron chi connectivity index (χ2n) is 9.63. The smallest absolute Gasteiger partial charge is 0.0417 e. The van der Waals surface area contributed by atoms with Crippen LogP contribution in [0.2, 0.25) is 0 Å². The van der Waals surface area contributed by atoms with E-state index in [1.54, 1.807) is 0 Å². The third-order valence-corrected chi connectivity index (χ3v) is 6.85. The molecule has 0 aliphatic rings. The summed E-state index contributed by atoms with van der Waals surface area (Å²) in [6.07, 6.45) is 35.7. The van der Waals surface area contributed by atoms with Crippen LogP contribution in [0.1, 0.15) is 167 Å². The molecule has 1 unspecified atom stereocenters. The summed E-state index contributed by atoms with van der Waals surface area (Å²) in [7, 11) is 0. The Morgan fingerprint density at radius 2 is 0.690 bits per heavy atom. The molecule has 0 aliphatic carbocycles. The lowest BCUT2D eigenvalue weighted by molar-refractivity contribution is 0.440. The first-order valence-corrected chi connectivity index (χ1v) is 13.9. The molecule has 1 atom stereocenters. The maximum Gasteiger partial charge on any atom is -0.0417 e. The first-order chi connectivity index (χ1) is 14.3. The van der Waals surface area contributed by atoms with E-state index in [1.165, 1.54) is 148 Å². The zero-order chi connectivity index (χ0) is 21.3. The van der Waals surface area contributed by atoms with Gasteiger partial charge < -0.3 is 0 Å². The summed E-state index contributed by atoms with van der Waals surface area (Å²) in [6.45, 7) is 10.3. The van der Waals surface area contributed by atoms with Crippen molar-refractivity contribution in [2.24, 2.45) is 5.92 Å². The average molecular weight is 407 g/mol. The van der Waals surface area contributed by atoms with Gasteiger partial charge in [-0.3, -0.25) is 0 Å². The van der Waals surface area contributed by atoms with Gasteiger partial charge in [0.1, 0.15) is 0 Å². The van der Waals surface area contributed by atoms with E-state index in [-0.39, 0.29) is 0 Å². The minimum atomic E-state index is 0.887. The zero-order valence-electron chi connectivity index (χ0n) is 20.7. The van der Waals surface area contributed by atoms with E-state index in [0.29, 0.717) is 0 Å². The highest BCUT2D eigenvalue weighted by molar-refractivity contribution is 4.59. The monoisotopic (exact) mass is 406 g/mol. The fourth-order valence-electron chi connectivity index (χ4n) is 4.52. The average Bonchev–Trinajstić information content (AvgIpc) is 2.74. The summed E-state index contributed by atoms with van der Waals surface area (Å²) in [6, 6.07) is 0. The third kappa shape index (κ3) is 24.1. The van der Waals surface area contributed by atoms with Crippen molar-refractivity contribution in [2.45, 2.75) is 167 Å². The highest BCUT2D eigenvalue weighted by atomic mass is 14.1. The minimum absolute atomic E-state index is 0.887. The van der Waals surface area contributed by atoms with E-state index >= 15 is 0 Å². The van der Waals surface area contributed by atoms with Gasteiger partial charge in [-0.25, -0.2) is 0 Å². The van der Waals surface area contributed by atoms with Crippen LogP contribution in [0.3, 0.4) is 0 Å². The van der Waals surface area contributed by atoms with Crippen molar-refractivity contribution < 1.29 is 0 Å². The van der Waals surface area contributed by atoms with Crippen molar-refractivity contribution in [3.05, 3.63) is 13.8 Å². The van der Waals surface area contributed by atoms with Gasteiger partial charge in [-0.15, -0.1) is 0 Å². The first-order valence-electron chi connectivity index (χ1n) is 13.9. The van der Waals surface area contributed by atoms with Gasteiger partial charge in [0.05, 0.1) is 0 Å². The van der Waals surface area contributed by atoms with Crippen molar-refractivity contribution >= 4 is 0 Å². The van der Waals surface area contributed by atoms with Crippen molar-refractivity contribution in [2.75, 3.05) is 0 Å². The topological polar surface area (TPSA) is 0 Å². The molecule has 0 aromatic carbocycles. The molecule has 0 aromatic heterocycles. The molecule has 29 heavy (non-hydrogen) atoms. The van der Waals surface area contributed by atoms with Crippen molar-refractivity contribution in [1.82, 2.24) is 0 Å². The number of hydrogen-bond acceptors (Lipinski definition) is 0. The van der Waals surface area contributed by atoms with Crippen molar-refractivity contribution in [1.29, 1.82) is 0 Å². The molecular weight excluding hydrogens is 348 g/mol. The molecule has 0 saturated heterocycles. The second kappa shape index (κ2) is 26.0. The van der Waals surface area contributed by atoms with Crippen LogP contribution in [-0.4, -0.2) is 0 Å². The SMILES string of the molecule is [CH2]CCCCCCCCCCCCCCCCCCCCCCCC(C[CH2])CC. The van der Waals surface area contributed by atoms with E-state index in [0.717, 1.165) is 18.8 Å². The summed E-state index contributed by atoms with van der Waals surface area (Å²) < 4.78 is 0. The summed E-state index contributed by atoms with van der Waals surface area (Å²) in [5.41, 5.74) is 0. The Bertz CT molecular complexity index is 265. The van der Waals surface area contributed by atoms with Crippen molar-refractivity contribution in [3.8, 4) is 0 Å². The van der Waals surface area contributed by atoms with E-state index in [4.69, 9.17) is 0 Å². The molecule has 0 aromatic rings. The van der Waals surface area contributed by atoms with Crippen LogP contribution in [-0.2, 0) is 0 Å². The molecule has 0 heteroatoms. The van der Waals surface area contributed by atoms with Crippen LogP contribution >= 0.6 is 0 Å². The maximum absolute atomic E-state index is 4.06. The third-order valence-electron chi connectivity index (χ3n) is 6.85. The summed E-state index contributed by atoms with van der Waals surface area (Å²) >= 11 is 0. The molecule has 2 radical (unpaired) electrons. The maximum atomic E-state index is 4.06. The van der Waals surface area contributed by atoms with Crippen LogP contribution in [0.25, 0.3) is 0 Å². The van der Waals surface area contributed by atoms with E-state index in [1.807, 2.05) is 0 Å². The largest absolute Gasteiger partial charge is 0.0651 e. The summed E-state index contributed by atoms with van der Waals surface area (Å²) in [5.74, 6) is 0.887. The Balaban J connectivity index is 3.03. The lowest BCUT2D eigenvalue weighted by Gasteiger charge is -2.11. The van der Waals surface area contributed by atoms with Crippen molar-refractivity contribution in [3.63, 3.8) is 0 Å². The van der Waals surface area contributed by atoms with Gasteiger partial charge in [-0.2, -0.15) is 0 Å². The van der Waals surface area contributed by atoms with E-state index < -0.39 is 0 Å². The van der Waals surface area contributed by atoms with Crippen LogP contribution in [0.15, 0.2) is 0 Å². The highest BCUT2D eigenvalue weighted by Gasteiger charge is 2.02. The summed E-state index contributed by atoms with van der Waals surface area (Å²) in [5, 5.41) is 0. The molecule has 0 saturated carbocycles. The van der Waals surface area contributed by atoms with Gasteiger partial charge in [0.15, 0.2) is 0 Å². The quantitative estimate of drug-likeness (QED) is 0.132. The molecule has 0 rings (SSSR count). The molecule has 0 fully saturated rings. The molecule has 0 amide bonds. The Labute approximate surface area is 187 Å². The summed E-state index contributed by atoms with van der Waals surface area (Å²) in [4.78, 5) is 0. The van der Waals surface area contributed by atoms with Gasteiger partial charge in [-0.05, 0) is 5.92 Å². The number of rotatable bonds is 25. The van der Waals surface area contributed by atoms with E-state index in [9.17, 15) is 0 Å². The van der Waals surface area contributed by atoms with Crippen LogP contribution < -0.4 is 0 Å². The van der Waals surface area contributed by atoms with Gasteiger partial charge in [0.2, 0.25) is 0 Å². The number of hydrogen-bond donors (Lipinski definition) is 0. The minimum Gasteiger partial charge on any atom is -0.0651 e. The molecule has 0 aliphatic heterocycles.